The molecule has 33 heavy (non-hydrogen) atoms. The van der Waals surface area contributed by atoms with Crippen molar-refractivity contribution in [2.75, 3.05) is 7.11 Å². The summed E-state index contributed by atoms with van der Waals surface area (Å²) in [5.41, 5.74) is 1.92. The number of halogens is 5. The Bertz CT molecular complexity index is 1140. The fraction of sp³-hybridized carbons (Fsp3) is 0.125. The van der Waals surface area contributed by atoms with E-state index in [0.717, 1.165) is 24.5 Å². The number of benzene rings is 3. The molecule has 0 aromatic heterocycles. The average Bonchev–Trinajstić information content (AvgIpc) is 2.77. The molecule has 0 N–H and O–H groups in total. The number of hydrogen-bond acceptors (Lipinski definition) is 4. The number of allylic oxidation sites excluding steroid dienone is 1. The molecule has 0 spiro atoms. The number of carbonyl (C=O) groups excluding carboxylic acids is 1. The Morgan fingerprint density at radius 1 is 1.00 bits per heavy atom. The minimum Gasteiger partial charge on any atom is -0.496 e. The maximum atomic E-state index is 12.4. The van der Waals surface area contributed by atoms with E-state index in [2.05, 4.69) is 52.5 Å². The summed E-state index contributed by atoms with van der Waals surface area (Å²) in [6.07, 6.45) is 3.08. The van der Waals surface area contributed by atoms with E-state index in [-0.39, 0.29) is 18.1 Å². The molecule has 0 aliphatic carbocycles. The van der Waals surface area contributed by atoms with E-state index in [1.807, 2.05) is 24.3 Å². The van der Waals surface area contributed by atoms with Gasteiger partial charge in [0.15, 0.2) is 5.78 Å². The molecule has 0 saturated carbocycles. The molecular weight excluding hydrogens is 630 g/mol. The van der Waals surface area contributed by atoms with Crippen molar-refractivity contribution < 1.29 is 27.8 Å². The molecule has 0 radical (unpaired) electrons. The van der Waals surface area contributed by atoms with Gasteiger partial charge >= 0.3 is 6.61 Å². The molecule has 172 valence electrons. The number of methoxy groups -OCH3 is 1. The fourth-order valence-electron chi connectivity index (χ4n) is 2.90. The van der Waals surface area contributed by atoms with Crippen LogP contribution in [0, 0.1) is 0 Å². The van der Waals surface area contributed by atoms with E-state index < -0.39 is 6.61 Å². The van der Waals surface area contributed by atoms with Gasteiger partial charge in [-0.1, -0.05) is 28.1 Å². The summed E-state index contributed by atoms with van der Waals surface area (Å²) in [5.74, 6) is 1.03. The lowest BCUT2D eigenvalue weighted by molar-refractivity contribution is -0.0498. The molecule has 3 rings (SSSR count). The van der Waals surface area contributed by atoms with Crippen molar-refractivity contribution in [1.29, 1.82) is 0 Å². The van der Waals surface area contributed by atoms with Crippen molar-refractivity contribution in [2.24, 2.45) is 0 Å². The molecule has 0 aliphatic heterocycles. The number of ether oxygens (including phenoxy) is 3. The Morgan fingerprint density at radius 3 is 2.27 bits per heavy atom. The first kappa shape index (κ1) is 25.4. The highest BCUT2D eigenvalue weighted by molar-refractivity contribution is 9.11. The van der Waals surface area contributed by atoms with Crippen LogP contribution in [0.2, 0.25) is 0 Å². The van der Waals surface area contributed by atoms with E-state index in [0.29, 0.717) is 17.1 Å². The van der Waals surface area contributed by atoms with Gasteiger partial charge in [-0.05, 0) is 92.0 Å². The monoisotopic (exact) mass is 644 g/mol. The van der Waals surface area contributed by atoms with Crippen molar-refractivity contribution in [3.63, 3.8) is 0 Å². The first-order valence-electron chi connectivity index (χ1n) is 9.48. The topological polar surface area (TPSA) is 44.8 Å². The molecule has 3 aromatic carbocycles. The summed E-state index contributed by atoms with van der Waals surface area (Å²) in [6, 6.07) is 14.8. The van der Waals surface area contributed by atoms with Crippen LogP contribution in [0.3, 0.4) is 0 Å². The highest BCUT2D eigenvalue weighted by Gasteiger charge is 2.11. The van der Waals surface area contributed by atoms with Crippen LogP contribution in [0.15, 0.2) is 74.1 Å². The normalized spacial score (nSPS) is 11.1. The maximum Gasteiger partial charge on any atom is 0.387 e. The molecular formula is C24H17Br3F2O4. The zero-order valence-electron chi connectivity index (χ0n) is 17.2. The van der Waals surface area contributed by atoms with Crippen LogP contribution in [-0.4, -0.2) is 19.5 Å². The Morgan fingerprint density at radius 2 is 1.67 bits per heavy atom. The predicted octanol–water partition coefficient (Wildman–Crippen LogP) is 8.06. The van der Waals surface area contributed by atoms with E-state index in [9.17, 15) is 13.6 Å². The summed E-state index contributed by atoms with van der Waals surface area (Å²) >= 11 is 10.4. The molecule has 0 amide bonds. The van der Waals surface area contributed by atoms with Gasteiger partial charge in [0.05, 0.1) is 16.1 Å². The zero-order chi connectivity index (χ0) is 24.0. The minimum absolute atomic E-state index is 0.00521. The van der Waals surface area contributed by atoms with Gasteiger partial charge in [-0.15, -0.1) is 0 Å². The van der Waals surface area contributed by atoms with Crippen molar-refractivity contribution in [2.45, 2.75) is 13.2 Å². The number of ketones is 1. The quantitative estimate of drug-likeness (QED) is 0.174. The van der Waals surface area contributed by atoms with E-state index >= 15 is 0 Å². The Balaban J connectivity index is 1.73. The highest BCUT2D eigenvalue weighted by Crippen LogP contribution is 2.37. The van der Waals surface area contributed by atoms with Crippen LogP contribution < -0.4 is 14.2 Å². The van der Waals surface area contributed by atoms with Crippen molar-refractivity contribution >= 4 is 59.6 Å². The lowest BCUT2D eigenvalue weighted by Crippen LogP contribution is -2.02. The van der Waals surface area contributed by atoms with E-state index in [1.165, 1.54) is 30.3 Å². The first-order chi connectivity index (χ1) is 15.8. The SMILES string of the molecule is COc1ccc(/C=C/C(=O)c2ccc(OC(F)F)cc2)cc1COc1c(Br)cc(Br)cc1Br. The van der Waals surface area contributed by atoms with E-state index in [4.69, 9.17) is 9.47 Å². The Kier molecular flexibility index (Phi) is 9.05. The fourth-order valence-corrected chi connectivity index (χ4v) is 5.39. The summed E-state index contributed by atoms with van der Waals surface area (Å²) in [6.45, 7) is -2.67. The van der Waals surface area contributed by atoms with Gasteiger partial charge in [0.1, 0.15) is 23.9 Å². The number of carbonyl (C=O) groups is 1. The van der Waals surface area contributed by atoms with Crippen LogP contribution in [0.5, 0.6) is 17.2 Å². The van der Waals surface area contributed by atoms with Crippen molar-refractivity contribution in [1.82, 2.24) is 0 Å². The summed E-state index contributed by atoms with van der Waals surface area (Å²) in [4.78, 5) is 12.4. The molecule has 0 bridgehead atoms. The standard InChI is InChI=1S/C24H17Br3F2O4/c1-31-22-9-3-14(2-8-21(30)15-4-6-18(7-5-15)33-24(28)29)10-16(22)13-32-23-19(26)11-17(25)12-20(23)27/h2-12,24H,13H2,1H3/b8-2+. The van der Waals surface area contributed by atoms with Crippen molar-refractivity contribution in [3.8, 4) is 17.2 Å². The van der Waals surface area contributed by atoms with Crippen LogP contribution in [0.1, 0.15) is 21.5 Å². The third-order valence-electron chi connectivity index (χ3n) is 4.43. The lowest BCUT2D eigenvalue weighted by Gasteiger charge is -2.14. The van der Waals surface area contributed by atoms with Gasteiger partial charge in [0.25, 0.3) is 0 Å². The average molecular weight is 647 g/mol. The van der Waals surface area contributed by atoms with Gasteiger partial charge in [-0.25, -0.2) is 0 Å². The molecule has 4 nitrogen and oxygen atoms in total. The molecule has 3 aromatic rings. The number of rotatable bonds is 9. The van der Waals surface area contributed by atoms with Crippen molar-refractivity contribution in [3.05, 3.63) is 90.8 Å². The maximum absolute atomic E-state index is 12.4. The number of hydrogen-bond donors (Lipinski definition) is 0. The summed E-state index contributed by atoms with van der Waals surface area (Å²) in [5, 5.41) is 0. The van der Waals surface area contributed by atoms with Gasteiger partial charge in [0.2, 0.25) is 0 Å². The van der Waals surface area contributed by atoms with Crippen LogP contribution in [0.4, 0.5) is 8.78 Å². The second-order valence-electron chi connectivity index (χ2n) is 6.66. The lowest BCUT2D eigenvalue weighted by atomic mass is 10.1. The Labute approximate surface area is 214 Å². The van der Waals surface area contributed by atoms with E-state index in [1.54, 1.807) is 19.3 Å². The second-order valence-corrected chi connectivity index (χ2v) is 9.28. The largest absolute Gasteiger partial charge is 0.496 e. The Hall–Kier alpha value is -2.23. The van der Waals surface area contributed by atoms with Gasteiger partial charge in [0, 0.05) is 15.6 Å². The smallest absolute Gasteiger partial charge is 0.387 e. The zero-order valence-corrected chi connectivity index (χ0v) is 21.9. The van der Waals surface area contributed by atoms with Crippen LogP contribution in [0.25, 0.3) is 6.08 Å². The minimum atomic E-state index is -2.91. The first-order valence-corrected chi connectivity index (χ1v) is 11.9. The van der Waals surface area contributed by atoms with Gasteiger partial charge in [-0.2, -0.15) is 8.78 Å². The summed E-state index contributed by atoms with van der Waals surface area (Å²) < 4.78 is 42.7. The summed E-state index contributed by atoms with van der Waals surface area (Å²) in [7, 11) is 1.57. The molecule has 9 heteroatoms. The third kappa shape index (κ3) is 7.12. The van der Waals surface area contributed by atoms with Gasteiger partial charge < -0.3 is 14.2 Å². The van der Waals surface area contributed by atoms with Crippen LogP contribution in [-0.2, 0) is 6.61 Å². The molecule has 0 aliphatic rings. The van der Waals surface area contributed by atoms with Gasteiger partial charge in [-0.3, -0.25) is 4.79 Å². The number of alkyl halides is 2. The highest BCUT2D eigenvalue weighted by atomic mass is 79.9. The molecule has 0 fully saturated rings. The molecule has 0 unspecified atom stereocenters. The predicted molar refractivity (Wildman–Crippen MR) is 133 cm³/mol. The third-order valence-corrected chi connectivity index (χ3v) is 6.07. The van der Waals surface area contributed by atoms with Crippen LogP contribution >= 0.6 is 47.8 Å². The molecule has 0 heterocycles. The second kappa shape index (κ2) is 11.8. The molecule has 0 saturated heterocycles. The molecule has 0 atom stereocenters.